The molecule has 0 unspecified atom stereocenters. The molecule has 5 rings (SSSR count). The molecular weight excluding hydrogens is 322 g/mol. The van der Waals surface area contributed by atoms with Gasteiger partial charge in [-0.2, -0.15) is 4.98 Å². The Morgan fingerprint density at radius 1 is 0.923 bits per heavy atom. The zero-order valence-electron chi connectivity index (χ0n) is 14.7. The Balaban J connectivity index is 1.38. The van der Waals surface area contributed by atoms with Crippen molar-refractivity contribution in [3.05, 3.63) is 66.5 Å². The number of piperidine rings is 1. The molecule has 0 atom stereocenters. The minimum absolute atomic E-state index is 0.758. The van der Waals surface area contributed by atoms with Crippen LogP contribution < -0.4 is 4.90 Å². The number of quaternary nitrogens is 1. The Labute approximate surface area is 152 Å². The second-order valence-corrected chi connectivity index (χ2v) is 7.23. The molecule has 0 amide bonds. The van der Waals surface area contributed by atoms with E-state index >= 15 is 0 Å². The number of benzene rings is 2. The molecule has 2 aromatic carbocycles. The molecule has 1 N–H and O–H groups in total. The smallest absolute Gasteiger partial charge is 0.273 e. The maximum absolute atomic E-state index is 6.11. The summed E-state index contributed by atoms with van der Waals surface area (Å²) in [6, 6.07) is 18.9. The van der Waals surface area contributed by atoms with E-state index in [0.29, 0.717) is 0 Å². The van der Waals surface area contributed by atoms with E-state index in [1.807, 2.05) is 18.2 Å². The Morgan fingerprint density at radius 2 is 1.69 bits per heavy atom. The quantitative estimate of drug-likeness (QED) is 0.618. The Hall–Kier alpha value is -2.72. The van der Waals surface area contributed by atoms with Gasteiger partial charge in [-0.1, -0.05) is 42.5 Å². The summed E-state index contributed by atoms with van der Waals surface area (Å²) in [5.41, 5.74) is 4.12. The summed E-state index contributed by atoms with van der Waals surface area (Å²) in [6.07, 6.45) is 5.30. The van der Waals surface area contributed by atoms with Gasteiger partial charge in [-0.15, -0.1) is 0 Å². The summed E-state index contributed by atoms with van der Waals surface area (Å²) in [5.74, 6) is 1.78. The van der Waals surface area contributed by atoms with Crippen LogP contribution in [0.15, 0.2) is 65.3 Å². The Kier molecular flexibility index (Phi) is 3.91. The van der Waals surface area contributed by atoms with Gasteiger partial charge < -0.3 is 4.42 Å². The fourth-order valence-electron chi connectivity index (χ4n) is 4.19. The fourth-order valence-corrected chi connectivity index (χ4v) is 4.19. The molecule has 0 radical (unpaired) electrons. The van der Waals surface area contributed by atoms with E-state index in [1.54, 1.807) is 6.33 Å². The van der Waals surface area contributed by atoms with Gasteiger partial charge in [0, 0.05) is 18.2 Å². The van der Waals surface area contributed by atoms with Crippen molar-refractivity contribution in [1.82, 2.24) is 9.97 Å². The number of nitrogens with one attached hydrogen (secondary N) is 1. The average Bonchev–Trinajstić information content (AvgIpc) is 3.08. The van der Waals surface area contributed by atoms with Crippen LogP contribution in [0.1, 0.15) is 18.4 Å². The summed E-state index contributed by atoms with van der Waals surface area (Å²) in [7, 11) is 0. The molecule has 130 valence electrons. The van der Waals surface area contributed by atoms with Crippen molar-refractivity contribution in [2.45, 2.75) is 19.3 Å². The largest absolute Gasteiger partial charge is 0.446 e. The van der Waals surface area contributed by atoms with E-state index < -0.39 is 0 Å². The first kappa shape index (κ1) is 15.5. The predicted molar refractivity (Wildman–Crippen MR) is 103 cm³/mol. The van der Waals surface area contributed by atoms with Gasteiger partial charge in [0.25, 0.3) is 5.82 Å². The summed E-state index contributed by atoms with van der Waals surface area (Å²) >= 11 is 0. The maximum Gasteiger partial charge on any atom is 0.273 e. The summed E-state index contributed by atoms with van der Waals surface area (Å²) < 4.78 is 6.11. The minimum Gasteiger partial charge on any atom is -0.446 e. The van der Waals surface area contributed by atoms with Crippen LogP contribution in [0.4, 0.5) is 5.82 Å². The van der Waals surface area contributed by atoms with Crippen molar-refractivity contribution in [2.24, 2.45) is 5.92 Å². The SMILES string of the molecule is c1ccc(CC2CC[NH+](c3ncnc4c3oc3ccccc34)CC2)cc1. The molecule has 4 heteroatoms. The molecule has 2 aromatic heterocycles. The van der Waals surface area contributed by atoms with E-state index in [1.165, 1.54) is 29.7 Å². The van der Waals surface area contributed by atoms with E-state index in [2.05, 4.69) is 46.4 Å². The molecule has 3 heterocycles. The monoisotopic (exact) mass is 344 g/mol. The molecule has 1 saturated heterocycles. The van der Waals surface area contributed by atoms with Crippen molar-refractivity contribution in [3.8, 4) is 0 Å². The van der Waals surface area contributed by atoms with Gasteiger partial charge in [-0.3, -0.25) is 4.90 Å². The molecule has 4 aromatic rings. The zero-order valence-corrected chi connectivity index (χ0v) is 14.7. The molecular formula is C22H22N3O+. The Morgan fingerprint density at radius 3 is 2.54 bits per heavy atom. The number of hydrogen-bond acceptors (Lipinski definition) is 3. The second-order valence-electron chi connectivity index (χ2n) is 7.23. The van der Waals surface area contributed by atoms with Gasteiger partial charge in [-0.25, -0.2) is 4.98 Å². The lowest BCUT2D eigenvalue weighted by atomic mass is 9.90. The van der Waals surface area contributed by atoms with Gasteiger partial charge in [0.05, 0.1) is 13.1 Å². The van der Waals surface area contributed by atoms with Crippen molar-refractivity contribution in [2.75, 3.05) is 13.1 Å². The molecule has 0 bridgehead atoms. The average molecular weight is 344 g/mol. The number of nitrogens with zero attached hydrogens (tertiary/aromatic N) is 2. The predicted octanol–water partition coefficient (Wildman–Crippen LogP) is 3.55. The third-order valence-electron chi connectivity index (χ3n) is 5.57. The van der Waals surface area contributed by atoms with Gasteiger partial charge in [0.15, 0.2) is 0 Å². The van der Waals surface area contributed by atoms with E-state index in [4.69, 9.17) is 4.42 Å². The highest BCUT2D eigenvalue weighted by Gasteiger charge is 2.28. The van der Waals surface area contributed by atoms with Crippen LogP contribution in [0.3, 0.4) is 0 Å². The van der Waals surface area contributed by atoms with E-state index in [-0.39, 0.29) is 0 Å². The van der Waals surface area contributed by atoms with Gasteiger partial charge >= 0.3 is 0 Å². The van der Waals surface area contributed by atoms with Gasteiger partial charge in [-0.05, 0) is 30.0 Å². The second kappa shape index (κ2) is 6.54. The number of fused-ring (bicyclic) bond motifs is 3. The highest BCUT2D eigenvalue weighted by Crippen LogP contribution is 2.29. The topological polar surface area (TPSA) is 43.4 Å². The van der Waals surface area contributed by atoms with Crippen molar-refractivity contribution >= 4 is 27.9 Å². The van der Waals surface area contributed by atoms with Crippen LogP contribution >= 0.6 is 0 Å². The summed E-state index contributed by atoms with van der Waals surface area (Å²) in [4.78, 5) is 10.5. The highest BCUT2D eigenvalue weighted by atomic mass is 16.3. The normalized spacial score (nSPS) is 20.6. The molecule has 4 nitrogen and oxygen atoms in total. The highest BCUT2D eigenvalue weighted by molar-refractivity contribution is 6.04. The van der Waals surface area contributed by atoms with Gasteiger partial charge in [0.2, 0.25) is 5.58 Å². The fraction of sp³-hybridized carbons (Fsp3) is 0.273. The molecule has 0 saturated carbocycles. The van der Waals surface area contributed by atoms with Crippen LogP contribution in [-0.2, 0) is 6.42 Å². The number of aromatic nitrogens is 2. The van der Waals surface area contributed by atoms with Crippen LogP contribution in [0.2, 0.25) is 0 Å². The van der Waals surface area contributed by atoms with Crippen LogP contribution in [0.25, 0.3) is 22.1 Å². The molecule has 1 aliphatic heterocycles. The first-order chi connectivity index (χ1) is 12.9. The van der Waals surface area contributed by atoms with E-state index in [0.717, 1.165) is 46.9 Å². The van der Waals surface area contributed by atoms with Crippen molar-refractivity contribution < 1.29 is 9.32 Å². The van der Waals surface area contributed by atoms with Crippen molar-refractivity contribution in [3.63, 3.8) is 0 Å². The number of hydrogen-bond donors (Lipinski definition) is 1. The van der Waals surface area contributed by atoms with Gasteiger partial charge in [0.1, 0.15) is 17.4 Å². The molecule has 1 aliphatic rings. The number of para-hydroxylation sites is 1. The molecule has 1 fully saturated rings. The number of furan rings is 1. The maximum atomic E-state index is 6.11. The van der Waals surface area contributed by atoms with Crippen molar-refractivity contribution in [1.29, 1.82) is 0 Å². The van der Waals surface area contributed by atoms with E-state index in [9.17, 15) is 0 Å². The number of rotatable bonds is 3. The van der Waals surface area contributed by atoms with Crippen LogP contribution in [-0.4, -0.2) is 23.1 Å². The molecule has 26 heavy (non-hydrogen) atoms. The first-order valence-electron chi connectivity index (χ1n) is 9.40. The zero-order chi connectivity index (χ0) is 17.3. The van der Waals surface area contributed by atoms with Crippen LogP contribution in [0.5, 0.6) is 0 Å². The lowest BCUT2D eigenvalue weighted by Gasteiger charge is -2.28. The minimum atomic E-state index is 0.758. The lowest BCUT2D eigenvalue weighted by Crippen LogP contribution is -3.08. The Bertz CT molecular complexity index is 1030. The molecule has 0 spiro atoms. The molecule has 0 aliphatic carbocycles. The third kappa shape index (κ3) is 2.76. The summed E-state index contributed by atoms with van der Waals surface area (Å²) in [5, 5.41) is 1.07. The first-order valence-corrected chi connectivity index (χ1v) is 9.40. The lowest BCUT2D eigenvalue weighted by molar-refractivity contribution is -0.841. The standard InChI is InChI=1S/C22H21N3O/c1-2-6-16(7-3-1)14-17-10-12-25(13-11-17)22-21-20(23-15-24-22)18-8-4-5-9-19(18)26-21/h1-9,15,17H,10-14H2/p+1. The summed E-state index contributed by atoms with van der Waals surface area (Å²) in [6.45, 7) is 2.20. The van der Waals surface area contributed by atoms with Crippen LogP contribution in [0, 0.1) is 5.92 Å². The third-order valence-corrected chi connectivity index (χ3v) is 5.57.